The van der Waals surface area contributed by atoms with Crippen LogP contribution in [0, 0.1) is 0 Å². The number of carbonyl (C=O) groups excluding carboxylic acids is 1. The van der Waals surface area contributed by atoms with Gasteiger partial charge in [0, 0.05) is 14.8 Å². The normalized spacial score (nSPS) is 12.1. The number of thiophene rings is 2. The Hall–Kier alpha value is -1.37. The fourth-order valence-corrected chi connectivity index (χ4v) is 4.31. The molecule has 3 nitrogen and oxygen atoms in total. The molecular weight excluding hydrogens is 385 g/mol. The van der Waals surface area contributed by atoms with Crippen LogP contribution in [0.2, 0.25) is 10.0 Å². The molecule has 0 fully saturated rings. The second kappa shape index (κ2) is 7.68. The Morgan fingerprint density at radius 3 is 2.75 bits per heavy atom. The number of amides is 1. The van der Waals surface area contributed by atoms with Gasteiger partial charge in [0.15, 0.2) is 0 Å². The van der Waals surface area contributed by atoms with Gasteiger partial charge in [-0.15, -0.1) is 11.3 Å². The largest absolute Gasteiger partial charge is 0.383 e. The van der Waals surface area contributed by atoms with Crippen LogP contribution in [0.3, 0.4) is 0 Å². The molecule has 0 bridgehead atoms. The molecule has 0 aliphatic rings. The highest BCUT2D eigenvalue weighted by molar-refractivity contribution is 7.12. The molecule has 3 rings (SSSR count). The van der Waals surface area contributed by atoms with E-state index in [9.17, 15) is 9.90 Å². The topological polar surface area (TPSA) is 49.3 Å². The molecule has 1 unspecified atom stereocenters. The number of halogens is 2. The summed E-state index contributed by atoms with van der Waals surface area (Å²) in [5.74, 6) is -0.259. The highest BCUT2D eigenvalue weighted by Gasteiger charge is 2.15. The van der Waals surface area contributed by atoms with Gasteiger partial charge in [0.2, 0.25) is 0 Å². The first-order valence-corrected chi connectivity index (χ1v) is 9.58. The molecule has 24 heavy (non-hydrogen) atoms. The molecule has 2 aromatic heterocycles. The standard InChI is InChI=1S/C17H13Cl2NO2S2/c18-11-1-3-13(14(19)7-11)17(22)20-8-12-2-4-15(24-12)16(21)10-5-6-23-9-10/h1-7,9,16,21H,8H2,(H,20,22). The number of hydrogen-bond acceptors (Lipinski definition) is 4. The van der Waals surface area contributed by atoms with Gasteiger partial charge in [-0.05, 0) is 52.7 Å². The molecule has 1 atom stereocenters. The number of carbonyl (C=O) groups is 1. The SMILES string of the molecule is O=C(NCc1ccc(C(O)c2ccsc2)s1)c1ccc(Cl)cc1Cl. The van der Waals surface area contributed by atoms with E-state index in [-0.39, 0.29) is 5.91 Å². The van der Waals surface area contributed by atoms with Crippen molar-refractivity contribution >= 4 is 51.8 Å². The number of hydrogen-bond donors (Lipinski definition) is 2. The molecule has 2 N–H and O–H groups in total. The number of aliphatic hydroxyl groups is 1. The van der Waals surface area contributed by atoms with Crippen molar-refractivity contribution in [2.75, 3.05) is 0 Å². The summed E-state index contributed by atoms with van der Waals surface area (Å²) in [6, 6.07) is 10.4. The van der Waals surface area contributed by atoms with Crippen LogP contribution in [0.1, 0.15) is 31.8 Å². The van der Waals surface area contributed by atoms with Gasteiger partial charge < -0.3 is 10.4 Å². The summed E-state index contributed by atoms with van der Waals surface area (Å²) < 4.78 is 0. The van der Waals surface area contributed by atoms with Gasteiger partial charge in [0.05, 0.1) is 17.1 Å². The van der Waals surface area contributed by atoms with Crippen molar-refractivity contribution < 1.29 is 9.90 Å². The van der Waals surface area contributed by atoms with Crippen molar-refractivity contribution in [1.82, 2.24) is 5.32 Å². The molecule has 0 saturated heterocycles. The van der Waals surface area contributed by atoms with Crippen LogP contribution in [-0.2, 0) is 6.54 Å². The van der Waals surface area contributed by atoms with Crippen LogP contribution in [0.4, 0.5) is 0 Å². The smallest absolute Gasteiger partial charge is 0.253 e. The molecule has 0 spiro atoms. The van der Waals surface area contributed by atoms with E-state index in [4.69, 9.17) is 23.2 Å². The van der Waals surface area contributed by atoms with Crippen LogP contribution in [-0.4, -0.2) is 11.0 Å². The second-order valence-corrected chi connectivity index (χ2v) is 7.89. The fraction of sp³-hybridized carbons (Fsp3) is 0.118. The maximum atomic E-state index is 12.2. The summed E-state index contributed by atoms with van der Waals surface area (Å²) in [6.07, 6.45) is -0.628. The minimum absolute atomic E-state index is 0.259. The average molecular weight is 398 g/mol. The molecule has 1 aromatic carbocycles. The molecule has 2 heterocycles. The first-order chi connectivity index (χ1) is 11.5. The van der Waals surface area contributed by atoms with Gasteiger partial charge in [-0.2, -0.15) is 11.3 Å². The van der Waals surface area contributed by atoms with E-state index < -0.39 is 6.10 Å². The number of rotatable bonds is 5. The van der Waals surface area contributed by atoms with Gasteiger partial charge in [-0.3, -0.25) is 4.79 Å². The van der Waals surface area contributed by atoms with Gasteiger partial charge in [0.1, 0.15) is 6.10 Å². The highest BCUT2D eigenvalue weighted by atomic mass is 35.5. The predicted molar refractivity (Wildman–Crippen MR) is 100 cm³/mol. The van der Waals surface area contributed by atoms with E-state index in [1.807, 2.05) is 29.0 Å². The van der Waals surface area contributed by atoms with Crippen LogP contribution in [0.15, 0.2) is 47.2 Å². The summed E-state index contributed by atoms with van der Waals surface area (Å²) in [7, 11) is 0. The number of benzene rings is 1. The van der Waals surface area contributed by atoms with Crippen molar-refractivity contribution in [3.63, 3.8) is 0 Å². The van der Waals surface area contributed by atoms with E-state index in [0.29, 0.717) is 22.2 Å². The zero-order valence-corrected chi connectivity index (χ0v) is 15.5. The van der Waals surface area contributed by atoms with E-state index in [1.165, 1.54) is 11.3 Å². The van der Waals surface area contributed by atoms with Crippen LogP contribution in [0.25, 0.3) is 0 Å². The molecule has 7 heteroatoms. The lowest BCUT2D eigenvalue weighted by atomic mass is 10.2. The van der Waals surface area contributed by atoms with Crippen molar-refractivity contribution in [2.45, 2.75) is 12.6 Å². The van der Waals surface area contributed by atoms with Gasteiger partial charge in [-0.1, -0.05) is 23.2 Å². The molecule has 124 valence electrons. The Bertz CT molecular complexity index is 846. The quantitative estimate of drug-likeness (QED) is 0.626. The Kier molecular flexibility index (Phi) is 5.58. The minimum atomic E-state index is -0.628. The van der Waals surface area contributed by atoms with Gasteiger partial charge >= 0.3 is 0 Å². The van der Waals surface area contributed by atoms with Crippen molar-refractivity contribution in [3.8, 4) is 0 Å². The maximum absolute atomic E-state index is 12.2. The maximum Gasteiger partial charge on any atom is 0.253 e. The average Bonchev–Trinajstić information content (AvgIpc) is 3.24. The summed E-state index contributed by atoms with van der Waals surface area (Å²) in [6.45, 7) is 0.374. The third-order valence-corrected chi connectivity index (χ3v) is 5.80. The summed E-state index contributed by atoms with van der Waals surface area (Å²) in [4.78, 5) is 14.0. The summed E-state index contributed by atoms with van der Waals surface area (Å²) in [5.41, 5.74) is 1.27. The Labute approximate surface area is 157 Å². The molecule has 0 radical (unpaired) electrons. The summed E-state index contributed by atoms with van der Waals surface area (Å²) in [5, 5.41) is 17.8. The third kappa shape index (κ3) is 3.99. The molecule has 0 aliphatic heterocycles. The third-order valence-electron chi connectivity index (χ3n) is 3.41. The van der Waals surface area contributed by atoms with E-state index >= 15 is 0 Å². The van der Waals surface area contributed by atoms with E-state index in [0.717, 1.165) is 15.3 Å². The molecule has 0 aliphatic carbocycles. The lowest BCUT2D eigenvalue weighted by Gasteiger charge is -2.07. The fourth-order valence-electron chi connectivity index (χ4n) is 2.17. The summed E-state index contributed by atoms with van der Waals surface area (Å²) >= 11 is 14.9. The molecule has 1 amide bonds. The first-order valence-electron chi connectivity index (χ1n) is 7.06. The Balaban J connectivity index is 1.64. The van der Waals surface area contributed by atoms with Gasteiger partial charge in [0.25, 0.3) is 5.91 Å². The second-order valence-electron chi connectivity index (χ2n) is 5.07. The van der Waals surface area contributed by atoms with E-state index in [2.05, 4.69) is 5.32 Å². The van der Waals surface area contributed by atoms with Crippen LogP contribution < -0.4 is 5.32 Å². The number of nitrogens with one attached hydrogen (secondary N) is 1. The van der Waals surface area contributed by atoms with Crippen molar-refractivity contribution in [2.24, 2.45) is 0 Å². The van der Waals surface area contributed by atoms with E-state index in [1.54, 1.807) is 29.5 Å². The monoisotopic (exact) mass is 397 g/mol. The first kappa shape index (κ1) is 17.5. The van der Waals surface area contributed by atoms with Crippen LogP contribution in [0.5, 0.6) is 0 Å². The minimum Gasteiger partial charge on any atom is -0.383 e. The lowest BCUT2D eigenvalue weighted by Crippen LogP contribution is -2.22. The van der Waals surface area contributed by atoms with Crippen LogP contribution >= 0.6 is 45.9 Å². The number of aliphatic hydroxyl groups excluding tert-OH is 1. The Morgan fingerprint density at radius 1 is 1.21 bits per heavy atom. The zero-order valence-electron chi connectivity index (χ0n) is 12.3. The molecule has 3 aromatic rings. The van der Waals surface area contributed by atoms with Crippen molar-refractivity contribution in [1.29, 1.82) is 0 Å². The molecular formula is C17H13Cl2NO2S2. The van der Waals surface area contributed by atoms with Crippen molar-refractivity contribution in [3.05, 3.63) is 78.1 Å². The zero-order chi connectivity index (χ0) is 17.1. The van der Waals surface area contributed by atoms with Gasteiger partial charge in [-0.25, -0.2) is 0 Å². The predicted octanol–water partition coefficient (Wildman–Crippen LogP) is 5.13. The molecule has 0 saturated carbocycles. The lowest BCUT2D eigenvalue weighted by molar-refractivity contribution is 0.0951. The highest BCUT2D eigenvalue weighted by Crippen LogP contribution is 2.29. The Morgan fingerprint density at radius 2 is 2.04 bits per heavy atom.